The molecule has 0 aromatic heterocycles. The van der Waals surface area contributed by atoms with Gasteiger partial charge in [0, 0.05) is 0 Å². The number of hydrogen-bond acceptors (Lipinski definition) is 5. The van der Waals surface area contributed by atoms with E-state index in [1.165, 1.54) is 13.8 Å². The Bertz CT molecular complexity index is 547. The fourth-order valence-electron chi connectivity index (χ4n) is 1.67. The summed E-state index contributed by atoms with van der Waals surface area (Å²) in [6, 6.07) is 6.80. The molecule has 0 aliphatic heterocycles. The molecule has 0 saturated heterocycles. The van der Waals surface area contributed by atoms with E-state index in [-0.39, 0.29) is 6.61 Å². The molecule has 1 rings (SSSR count). The third-order valence-corrected chi connectivity index (χ3v) is 3.04. The second kappa shape index (κ2) is 8.74. The maximum atomic E-state index is 12.0. The molecule has 0 bridgehead atoms. The number of hydrogen-bond donors (Lipinski definition) is 4. The van der Waals surface area contributed by atoms with Gasteiger partial charge in [-0.05, 0) is 19.4 Å². The van der Waals surface area contributed by atoms with Crippen molar-refractivity contribution in [3.05, 3.63) is 35.9 Å². The first-order valence-electron chi connectivity index (χ1n) is 7.06. The molecular formula is C15H21N3O5. The van der Waals surface area contributed by atoms with Crippen molar-refractivity contribution in [3.8, 4) is 0 Å². The molecule has 0 unspecified atom stereocenters. The van der Waals surface area contributed by atoms with E-state index in [0.29, 0.717) is 0 Å². The van der Waals surface area contributed by atoms with E-state index < -0.39 is 36.1 Å². The van der Waals surface area contributed by atoms with E-state index in [1.807, 2.05) is 6.07 Å². The average molecular weight is 323 g/mol. The van der Waals surface area contributed by atoms with Crippen LogP contribution in [0.5, 0.6) is 0 Å². The highest BCUT2D eigenvalue weighted by atomic mass is 16.5. The lowest BCUT2D eigenvalue weighted by Gasteiger charge is -2.22. The predicted octanol–water partition coefficient (Wildman–Crippen LogP) is -0.348. The van der Waals surface area contributed by atoms with Crippen molar-refractivity contribution < 1.29 is 24.2 Å². The summed E-state index contributed by atoms with van der Waals surface area (Å²) in [5.74, 6) is -1.46. The predicted molar refractivity (Wildman–Crippen MR) is 82.0 cm³/mol. The number of nitrogens with two attached hydrogens (primary N) is 1. The largest absolute Gasteiger partial charge is 0.445 e. The van der Waals surface area contributed by atoms with Gasteiger partial charge >= 0.3 is 6.09 Å². The molecule has 0 radical (unpaired) electrons. The number of primary amides is 1. The van der Waals surface area contributed by atoms with Crippen molar-refractivity contribution in [1.29, 1.82) is 0 Å². The van der Waals surface area contributed by atoms with E-state index in [2.05, 4.69) is 10.6 Å². The normalized spacial score (nSPS) is 14.2. The number of benzene rings is 1. The second-order valence-electron chi connectivity index (χ2n) is 5.06. The van der Waals surface area contributed by atoms with Crippen LogP contribution < -0.4 is 16.4 Å². The van der Waals surface area contributed by atoms with E-state index in [0.717, 1.165) is 5.56 Å². The number of amides is 3. The van der Waals surface area contributed by atoms with E-state index in [1.54, 1.807) is 24.3 Å². The van der Waals surface area contributed by atoms with Crippen molar-refractivity contribution >= 4 is 17.9 Å². The summed E-state index contributed by atoms with van der Waals surface area (Å²) in [5, 5.41) is 14.2. The van der Waals surface area contributed by atoms with Gasteiger partial charge in [0.15, 0.2) is 0 Å². The van der Waals surface area contributed by atoms with Gasteiger partial charge in [-0.25, -0.2) is 4.79 Å². The number of nitrogens with one attached hydrogen (secondary N) is 2. The minimum absolute atomic E-state index is 0.0263. The number of rotatable bonds is 7. The molecule has 8 nitrogen and oxygen atoms in total. The summed E-state index contributed by atoms with van der Waals surface area (Å²) < 4.78 is 4.98. The molecule has 23 heavy (non-hydrogen) atoms. The molecule has 3 atom stereocenters. The first-order chi connectivity index (χ1) is 10.8. The number of aliphatic hydroxyl groups is 1. The summed E-state index contributed by atoms with van der Waals surface area (Å²) >= 11 is 0. The summed E-state index contributed by atoms with van der Waals surface area (Å²) in [4.78, 5) is 34.6. The molecule has 0 fully saturated rings. The smallest absolute Gasteiger partial charge is 0.408 e. The van der Waals surface area contributed by atoms with Gasteiger partial charge < -0.3 is 26.2 Å². The van der Waals surface area contributed by atoms with Crippen LogP contribution in [0.2, 0.25) is 0 Å². The van der Waals surface area contributed by atoms with Gasteiger partial charge in [-0.2, -0.15) is 0 Å². The first kappa shape index (κ1) is 18.4. The van der Waals surface area contributed by atoms with E-state index in [4.69, 9.17) is 10.5 Å². The summed E-state index contributed by atoms with van der Waals surface area (Å²) in [5.41, 5.74) is 5.83. The molecule has 0 aliphatic rings. The third-order valence-electron chi connectivity index (χ3n) is 3.04. The minimum Gasteiger partial charge on any atom is -0.445 e. The van der Waals surface area contributed by atoms with Crippen LogP contribution in [0.3, 0.4) is 0 Å². The molecule has 0 saturated carbocycles. The molecule has 0 spiro atoms. The minimum atomic E-state index is -1.26. The summed E-state index contributed by atoms with van der Waals surface area (Å²) in [7, 11) is 0. The van der Waals surface area contributed by atoms with Gasteiger partial charge in [0.1, 0.15) is 18.7 Å². The molecule has 1 aromatic rings. The Morgan fingerprint density at radius 1 is 1.17 bits per heavy atom. The number of alkyl carbamates (subject to hydrolysis) is 1. The number of aliphatic hydroxyl groups excluding tert-OH is 1. The standard InChI is InChI=1S/C15H21N3O5/c1-9(13(16)20)17-14(21)12(10(2)19)18-15(22)23-8-11-6-4-3-5-7-11/h3-7,9-10,12,19H,8H2,1-2H3,(H2,16,20)(H,17,21)(H,18,22)/t9-,10+,12-/m0/s1. The van der Waals surface area contributed by atoms with Gasteiger partial charge in [0.25, 0.3) is 0 Å². The molecule has 126 valence electrons. The Kier molecular flexibility index (Phi) is 7.01. The van der Waals surface area contributed by atoms with Crippen LogP contribution in [0.25, 0.3) is 0 Å². The van der Waals surface area contributed by atoms with Crippen LogP contribution in [0.1, 0.15) is 19.4 Å². The van der Waals surface area contributed by atoms with E-state index in [9.17, 15) is 19.5 Å². The monoisotopic (exact) mass is 323 g/mol. The van der Waals surface area contributed by atoms with Crippen LogP contribution >= 0.6 is 0 Å². The fourth-order valence-corrected chi connectivity index (χ4v) is 1.67. The Morgan fingerprint density at radius 2 is 1.78 bits per heavy atom. The van der Waals surface area contributed by atoms with Crippen LogP contribution in [-0.4, -0.2) is 41.2 Å². The highest BCUT2D eigenvalue weighted by Gasteiger charge is 2.28. The Hall–Kier alpha value is -2.61. The number of carbonyl (C=O) groups excluding carboxylic acids is 3. The van der Waals surface area contributed by atoms with Gasteiger partial charge in [0.05, 0.1) is 6.10 Å². The average Bonchev–Trinajstić information content (AvgIpc) is 2.51. The SMILES string of the molecule is C[C@H](NC(=O)[C@@H](NC(=O)OCc1ccccc1)[C@@H](C)O)C(N)=O. The first-order valence-corrected chi connectivity index (χ1v) is 7.06. The van der Waals surface area contributed by atoms with Gasteiger partial charge in [-0.3, -0.25) is 9.59 Å². The highest BCUT2D eigenvalue weighted by molar-refractivity contribution is 5.90. The van der Waals surface area contributed by atoms with Crippen molar-refractivity contribution in [2.24, 2.45) is 5.73 Å². The molecule has 0 heterocycles. The zero-order valence-corrected chi connectivity index (χ0v) is 13.0. The molecule has 0 aliphatic carbocycles. The Balaban J connectivity index is 2.56. The topological polar surface area (TPSA) is 131 Å². The van der Waals surface area contributed by atoms with Gasteiger partial charge in [0.2, 0.25) is 11.8 Å². The van der Waals surface area contributed by atoms with Crippen LogP contribution in [-0.2, 0) is 20.9 Å². The van der Waals surface area contributed by atoms with Gasteiger partial charge in [-0.15, -0.1) is 0 Å². The fraction of sp³-hybridized carbons (Fsp3) is 0.400. The van der Waals surface area contributed by atoms with Crippen molar-refractivity contribution in [2.45, 2.75) is 38.6 Å². The van der Waals surface area contributed by atoms with Crippen LogP contribution in [0.15, 0.2) is 30.3 Å². The van der Waals surface area contributed by atoms with Crippen molar-refractivity contribution in [2.75, 3.05) is 0 Å². The maximum absolute atomic E-state index is 12.0. The lowest BCUT2D eigenvalue weighted by atomic mass is 10.1. The lowest BCUT2D eigenvalue weighted by molar-refractivity contribution is -0.129. The number of ether oxygens (including phenoxy) is 1. The zero-order chi connectivity index (χ0) is 17.4. The number of carbonyl (C=O) groups is 3. The lowest BCUT2D eigenvalue weighted by Crippen LogP contribution is -2.55. The molecule has 3 amide bonds. The quantitative estimate of drug-likeness (QED) is 0.545. The molecule has 5 N–H and O–H groups in total. The van der Waals surface area contributed by atoms with Crippen molar-refractivity contribution in [1.82, 2.24) is 10.6 Å². The summed E-state index contributed by atoms with van der Waals surface area (Å²) in [6.07, 6.45) is -2.04. The Morgan fingerprint density at radius 3 is 2.30 bits per heavy atom. The molecule has 1 aromatic carbocycles. The zero-order valence-electron chi connectivity index (χ0n) is 13.0. The Labute approximate surface area is 134 Å². The maximum Gasteiger partial charge on any atom is 0.408 e. The molecule has 8 heteroatoms. The van der Waals surface area contributed by atoms with Crippen LogP contribution in [0.4, 0.5) is 4.79 Å². The molecular weight excluding hydrogens is 302 g/mol. The van der Waals surface area contributed by atoms with Gasteiger partial charge in [-0.1, -0.05) is 30.3 Å². The second-order valence-corrected chi connectivity index (χ2v) is 5.06. The third kappa shape index (κ3) is 6.35. The summed E-state index contributed by atoms with van der Waals surface area (Å²) in [6.45, 7) is 2.75. The van der Waals surface area contributed by atoms with Crippen LogP contribution in [0, 0.1) is 0 Å². The van der Waals surface area contributed by atoms with Crippen molar-refractivity contribution in [3.63, 3.8) is 0 Å². The highest BCUT2D eigenvalue weighted by Crippen LogP contribution is 2.02. The van der Waals surface area contributed by atoms with E-state index >= 15 is 0 Å².